The van der Waals surface area contributed by atoms with Crippen LogP contribution in [0.4, 0.5) is 0 Å². The Hall–Kier alpha value is -2.30. The molecule has 4 nitrogen and oxygen atoms in total. The lowest BCUT2D eigenvalue weighted by atomic mass is 9.95. The van der Waals surface area contributed by atoms with Crippen LogP contribution < -0.4 is 0 Å². The Morgan fingerprint density at radius 2 is 1.29 bits per heavy atom. The summed E-state index contributed by atoms with van der Waals surface area (Å²) >= 11 is 0. The number of benzene rings is 2. The summed E-state index contributed by atoms with van der Waals surface area (Å²) in [7, 11) is 2.68. The van der Waals surface area contributed by atoms with Crippen molar-refractivity contribution in [3.8, 4) is 0 Å². The van der Waals surface area contributed by atoms with Gasteiger partial charge in [-0.1, -0.05) is 60.7 Å². The Kier molecular flexibility index (Phi) is 4.62. The van der Waals surface area contributed by atoms with Gasteiger partial charge in [-0.2, -0.15) is 0 Å². The molecule has 0 aromatic heterocycles. The molecule has 0 radical (unpaired) electrons. The van der Waals surface area contributed by atoms with E-state index in [0.717, 1.165) is 0 Å². The third-order valence-electron chi connectivity index (χ3n) is 3.27. The smallest absolute Gasteiger partial charge is 0.267 e. The third kappa shape index (κ3) is 2.77. The van der Waals surface area contributed by atoms with Gasteiger partial charge < -0.3 is 9.47 Å². The molecular weight excluding hydrogens is 268 g/mol. The topological polar surface area (TPSA) is 52.6 Å². The zero-order valence-corrected chi connectivity index (χ0v) is 11.9. The fraction of sp³-hybridized carbons (Fsp3) is 0.176. The van der Waals surface area contributed by atoms with Crippen molar-refractivity contribution in [3.63, 3.8) is 0 Å². The van der Waals surface area contributed by atoms with Crippen LogP contribution in [0.1, 0.15) is 15.9 Å². The van der Waals surface area contributed by atoms with E-state index < -0.39 is 17.4 Å². The Labute approximate surface area is 123 Å². The van der Waals surface area contributed by atoms with E-state index in [4.69, 9.17) is 9.47 Å². The van der Waals surface area contributed by atoms with E-state index in [9.17, 15) is 9.59 Å². The maximum Gasteiger partial charge on any atom is 0.267 e. The Balaban J connectivity index is 2.44. The van der Waals surface area contributed by atoms with Crippen molar-refractivity contribution in [3.05, 3.63) is 71.8 Å². The number of hydrogen-bond donors (Lipinski definition) is 0. The molecule has 108 valence electrons. The molecule has 0 saturated carbocycles. The third-order valence-corrected chi connectivity index (χ3v) is 3.27. The molecule has 0 aliphatic rings. The van der Waals surface area contributed by atoms with E-state index in [1.807, 2.05) is 6.07 Å². The molecule has 0 unspecified atom stereocenters. The molecule has 0 atom stereocenters. The van der Waals surface area contributed by atoms with Crippen LogP contribution in [0.2, 0.25) is 0 Å². The van der Waals surface area contributed by atoms with Crippen molar-refractivity contribution < 1.29 is 19.1 Å². The molecule has 0 bridgehead atoms. The van der Waals surface area contributed by atoms with Crippen LogP contribution in [0.15, 0.2) is 60.7 Å². The molecule has 4 heteroatoms. The summed E-state index contributed by atoms with van der Waals surface area (Å²) in [6.45, 7) is 0. The summed E-state index contributed by atoms with van der Waals surface area (Å²) in [5.74, 6) is -3.14. The molecule has 0 N–H and O–H groups in total. The molecule has 0 spiro atoms. The number of methoxy groups -OCH3 is 2. The highest BCUT2D eigenvalue weighted by atomic mass is 16.7. The molecule has 2 aromatic carbocycles. The highest BCUT2D eigenvalue weighted by Crippen LogP contribution is 2.28. The fourth-order valence-corrected chi connectivity index (χ4v) is 2.16. The van der Waals surface area contributed by atoms with Gasteiger partial charge in [-0.3, -0.25) is 9.59 Å². The first-order chi connectivity index (χ1) is 10.2. The maximum atomic E-state index is 12.6. The van der Waals surface area contributed by atoms with Gasteiger partial charge in [0.25, 0.3) is 11.6 Å². The summed E-state index contributed by atoms with van der Waals surface area (Å²) < 4.78 is 10.6. The van der Waals surface area contributed by atoms with Crippen molar-refractivity contribution in [1.29, 1.82) is 0 Å². The SMILES string of the molecule is COC(OC)(C(=O)C(=O)c1ccccc1)c1ccccc1. The highest BCUT2D eigenvalue weighted by molar-refractivity contribution is 6.45. The second-order valence-electron chi connectivity index (χ2n) is 4.42. The van der Waals surface area contributed by atoms with Gasteiger partial charge in [-0.25, -0.2) is 0 Å². The zero-order valence-electron chi connectivity index (χ0n) is 11.9. The summed E-state index contributed by atoms with van der Waals surface area (Å²) in [5, 5.41) is 0. The lowest BCUT2D eigenvalue weighted by molar-refractivity contribution is -0.208. The second kappa shape index (κ2) is 6.43. The van der Waals surface area contributed by atoms with Crippen LogP contribution in [-0.4, -0.2) is 25.8 Å². The average Bonchev–Trinajstić information content (AvgIpc) is 2.57. The molecule has 2 aromatic rings. The van der Waals surface area contributed by atoms with Crippen molar-refractivity contribution >= 4 is 11.6 Å². The molecule has 0 saturated heterocycles. The lowest BCUT2D eigenvalue weighted by Gasteiger charge is -2.28. The number of Topliss-reactive ketones (excluding diaryl/α,β-unsaturated/α-hetero) is 2. The maximum absolute atomic E-state index is 12.6. The first-order valence-corrected chi connectivity index (χ1v) is 6.45. The largest absolute Gasteiger partial charge is 0.343 e. The predicted octanol–water partition coefficient (Wildman–Crippen LogP) is 2.58. The minimum Gasteiger partial charge on any atom is -0.343 e. The van der Waals surface area contributed by atoms with E-state index in [0.29, 0.717) is 11.1 Å². The molecule has 2 rings (SSSR count). The molecule has 0 fully saturated rings. The van der Waals surface area contributed by atoms with Gasteiger partial charge in [-0.05, 0) is 0 Å². The minimum absolute atomic E-state index is 0.303. The fourth-order valence-electron chi connectivity index (χ4n) is 2.16. The van der Waals surface area contributed by atoms with Crippen molar-refractivity contribution in [2.24, 2.45) is 0 Å². The number of rotatable bonds is 6. The molecular formula is C17H16O4. The van der Waals surface area contributed by atoms with Crippen LogP contribution >= 0.6 is 0 Å². The summed E-state index contributed by atoms with van der Waals surface area (Å²) in [4.78, 5) is 25.0. The van der Waals surface area contributed by atoms with Gasteiger partial charge in [0.2, 0.25) is 5.78 Å². The highest BCUT2D eigenvalue weighted by Gasteiger charge is 2.44. The number of ketones is 2. The first-order valence-electron chi connectivity index (χ1n) is 6.45. The van der Waals surface area contributed by atoms with Gasteiger partial charge in [0.05, 0.1) is 0 Å². The number of carbonyl (C=O) groups is 2. The van der Waals surface area contributed by atoms with Gasteiger partial charge in [-0.15, -0.1) is 0 Å². The van der Waals surface area contributed by atoms with Gasteiger partial charge in [0.15, 0.2) is 0 Å². The van der Waals surface area contributed by atoms with E-state index in [2.05, 4.69) is 0 Å². The van der Waals surface area contributed by atoms with Crippen LogP contribution in [0.5, 0.6) is 0 Å². The van der Waals surface area contributed by atoms with Gasteiger partial charge >= 0.3 is 0 Å². The van der Waals surface area contributed by atoms with Crippen molar-refractivity contribution in [2.75, 3.05) is 14.2 Å². The average molecular weight is 284 g/mol. The monoisotopic (exact) mass is 284 g/mol. The molecule has 0 amide bonds. The van der Waals surface area contributed by atoms with E-state index in [1.54, 1.807) is 54.6 Å². The molecule has 0 heterocycles. The number of ether oxygens (including phenoxy) is 2. The molecule has 0 aliphatic heterocycles. The predicted molar refractivity (Wildman–Crippen MR) is 77.9 cm³/mol. The van der Waals surface area contributed by atoms with Crippen LogP contribution in [-0.2, 0) is 20.1 Å². The number of hydrogen-bond acceptors (Lipinski definition) is 4. The molecule has 21 heavy (non-hydrogen) atoms. The van der Waals surface area contributed by atoms with E-state index >= 15 is 0 Å². The molecule has 0 aliphatic carbocycles. The van der Waals surface area contributed by atoms with Crippen molar-refractivity contribution in [2.45, 2.75) is 5.79 Å². The Bertz CT molecular complexity index is 616. The van der Waals surface area contributed by atoms with E-state index in [1.165, 1.54) is 14.2 Å². The Morgan fingerprint density at radius 3 is 1.76 bits per heavy atom. The minimum atomic E-state index is -1.73. The standard InChI is InChI=1S/C17H16O4/c1-20-17(21-2,14-11-7-4-8-12-14)16(19)15(18)13-9-5-3-6-10-13/h3-12H,1-2H3. The van der Waals surface area contributed by atoms with Crippen LogP contribution in [0, 0.1) is 0 Å². The lowest BCUT2D eigenvalue weighted by Crippen LogP contribution is -2.44. The van der Waals surface area contributed by atoms with Crippen LogP contribution in [0.25, 0.3) is 0 Å². The summed E-state index contributed by atoms with van der Waals surface area (Å²) in [6, 6.07) is 17.0. The first kappa shape index (κ1) is 15.1. The van der Waals surface area contributed by atoms with Gasteiger partial charge in [0, 0.05) is 25.3 Å². The van der Waals surface area contributed by atoms with Gasteiger partial charge in [0.1, 0.15) is 0 Å². The summed E-state index contributed by atoms with van der Waals surface area (Å²) in [5.41, 5.74) is 0.779. The second-order valence-corrected chi connectivity index (χ2v) is 4.42. The number of carbonyl (C=O) groups excluding carboxylic acids is 2. The van der Waals surface area contributed by atoms with Crippen LogP contribution in [0.3, 0.4) is 0 Å². The van der Waals surface area contributed by atoms with Crippen molar-refractivity contribution in [1.82, 2.24) is 0 Å². The quantitative estimate of drug-likeness (QED) is 0.465. The Morgan fingerprint density at radius 1 is 0.810 bits per heavy atom. The zero-order chi connectivity index (χ0) is 15.3. The van der Waals surface area contributed by atoms with E-state index in [-0.39, 0.29) is 0 Å². The normalized spacial score (nSPS) is 11.1. The summed E-state index contributed by atoms with van der Waals surface area (Å²) in [6.07, 6.45) is 0.